The van der Waals surface area contributed by atoms with Gasteiger partial charge in [-0.05, 0) is 26.3 Å². The van der Waals surface area contributed by atoms with Crippen molar-refractivity contribution in [3.8, 4) is 0 Å². The van der Waals surface area contributed by atoms with Crippen LogP contribution in [-0.4, -0.2) is 26.3 Å². The van der Waals surface area contributed by atoms with E-state index in [4.69, 9.17) is 4.74 Å². The van der Waals surface area contributed by atoms with Crippen LogP contribution in [0.1, 0.15) is 33.1 Å². The van der Waals surface area contributed by atoms with Crippen molar-refractivity contribution in [2.75, 3.05) is 14.2 Å². The third-order valence-corrected chi connectivity index (χ3v) is 3.73. The number of hydrogen-bond acceptors (Lipinski definition) is 2. The topological polar surface area (TPSA) is 21.3 Å². The molecular formula is C10H21NO. The highest BCUT2D eigenvalue weighted by atomic mass is 16.5. The molecule has 1 fully saturated rings. The van der Waals surface area contributed by atoms with Crippen molar-refractivity contribution in [1.82, 2.24) is 5.32 Å². The van der Waals surface area contributed by atoms with Gasteiger partial charge in [0.2, 0.25) is 0 Å². The molecule has 2 heteroatoms. The van der Waals surface area contributed by atoms with Crippen LogP contribution in [-0.2, 0) is 4.74 Å². The molecule has 1 N–H and O–H groups in total. The van der Waals surface area contributed by atoms with Crippen molar-refractivity contribution in [3.05, 3.63) is 0 Å². The van der Waals surface area contributed by atoms with E-state index in [1.165, 1.54) is 19.3 Å². The SMILES string of the molecule is CCC1(CC)C(NC)CC1OC. The monoisotopic (exact) mass is 171 g/mol. The van der Waals surface area contributed by atoms with Crippen molar-refractivity contribution in [2.24, 2.45) is 5.41 Å². The van der Waals surface area contributed by atoms with Crippen LogP contribution < -0.4 is 5.32 Å². The minimum absolute atomic E-state index is 0.406. The van der Waals surface area contributed by atoms with Crippen molar-refractivity contribution in [1.29, 1.82) is 0 Å². The molecule has 0 aromatic heterocycles. The summed E-state index contributed by atoms with van der Waals surface area (Å²) in [6.07, 6.45) is 4.08. The highest BCUT2D eigenvalue weighted by Gasteiger charge is 2.52. The van der Waals surface area contributed by atoms with Gasteiger partial charge in [0, 0.05) is 18.6 Å². The summed E-state index contributed by atoms with van der Waals surface area (Å²) in [5, 5.41) is 3.38. The molecule has 12 heavy (non-hydrogen) atoms. The molecule has 2 unspecified atom stereocenters. The molecule has 1 aliphatic carbocycles. The van der Waals surface area contributed by atoms with E-state index in [9.17, 15) is 0 Å². The van der Waals surface area contributed by atoms with E-state index in [0.29, 0.717) is 17.6 Å². The average molecular weight is 171 g/mol. The van der Waals surface area contributed by atoms with Crippen LogP contribution in [0.3, 0.4) is 0 Å². The Balaban J connectivity index is 2.65. The minimum Gasteiger partial charge on any atom is -0.381 e. The molecule has 1 aliphatic rings. The van der Waals surface area contributed by atoms with Gasteiger partial charge in [-0.25, -0.2) is 0 Å². The lowest BCUT2D eigenvalue weighted by molar-refractivity contribution is -0.121. The summed E-state index contributed by atoms with van der Waals surface area (Å²) in [6.45, 7) is 4.53. The molecule has 1 rings (SSSR count). The molecule has 1 saturated carbocycles. The normalized spacial score (nSPS) is 33.0. The lowest BCUT2D eigenvalue weighted by Crippen LogP contribution is -2.62. The summed E-state index contributed by atoms with van der Waals surface area (Å²) in [4.78, 5) is 0. The number of methoxy groups -OCH3 is 1. The zero-order chi connectivity index (χ0) is 9.19. The number of rotatable bonds is 4. The van der Waals surface area contributed by atoms with Crippen LogP contribution in [0.15, 0.2) is 0 Å². The van der Waals surface area contributed by atoms with E-state index < -0.39 is 0 Å². The predicted molar refractivity (Wildman–Crippen MR) is 51.3 cm³/mol. The highest BCUT2D eigenvalue weighted by Crippen LogP contribution is 2.48. The molecule has 0 aliphatic heterocycles. The van der Waals surface area contributed by atoms with Crippen LogP contribution in [0.4, 0.5) is 0 Å². The second kappa shape index (κ2) is 3.75. The Labute approximate surface area is 75.7 Å². The molecule has 0 heterocycles. The average Bonchev–Trinajstić information content (AvgIpc) is 2.07. The van der Waals surface area contributed by atoms with E-state index in [0.717, 1.165) is 0 Å². The van der Waals surface area contributed by atoms with E-state index in [1.807, 2.05) is 7.11 Å². The first-order valence-electron chi connectivity index (χ1n) is 4.95. The van der Waals surface area contributed by atoms with Crippen molar-refractivity contribution in [2.45, 2.75) is 45.3 Å². The maximum atomic E-state index is 5.48. The first kappa shape index (κ1) is 10.0. The largest absolute Gasteiger partial charge is 0.381 e. The van der Waals surface area contributed by atoms with Gasteiger partial charge < -0.3 is 10.1 Å². The summed E-state index contributed by atoms with van der Waals surface area (Å²) in [5.41, 5.74) is 0.406. The van der Waals surface area contributed by atoms with Gasteiger partial charge in [0.15, 0.2) is 0 Å². The van der Waals surface area contributed by atoms with E-state index in [-0.39, 0.29) is 0 Å². The van der Waals surface area contributed by atoms with E-state index in [1.54, 1.807) is 0 Å². The molecule has 2 atom stereocenters. The molecule has 0 saturated heterocycles. The second-order valence-corrected chi connectivity index (χ2v) is 3.74. The minimum atomic E-state index is 0.406. The molecule has 0 aromatic carbocycles. The summed E-state index contributed by atoms with van der Waals surface area (Å²) >= 11 is 0. The molecule has 72 valence electrons. The predicted octanol–water partition coefficient (Wildman–Crippen LogP) is 1.80. The lowest BCUT2D eigenvalue weighted by atomic mass is 9.59. The number of ether oxygens (including phenoxy) is 1. The first-order valence-corrected chi connectivity index (χ1v) is 4.95. The smallest absolute Gasteiger partial charge is 0.0657 e. The summed E-state index contributed by atoms with van der Waals surface area (Å²) < 4.78 is 5.48. The van der Waals surface area contributed by atoms with Gasteiger partial charge in [0.05, 0.1) is 6.10 Å². The molecule has 0 aromatic rings. The molecule has 0 radical (unpaired) electrons. The lowest BCUT2D eigenvalue weighted by Gasteiger charge is -2.55. The summed E-state index contributed by atoms with van der Waals surface area (Å²) in [5.74, 6) is 0. The quantitative estimate of drug-likeness (QED) is 0.696. The van der Waals surface area contributed by atoms with Gasteiger partial charge in [0.25, 0.3) is 0 Å². The maximum absolute atomic E-state index is 5.48. The van der Waals surface area contributed by atoms with Crippen molar-refractivity contribution < 1.29 is 4.74 Å². The van der Waals surface area contributed by atoms with Gasteiger partial charge in [0.1, 0.15) is 0 Å². The van der Waals surface area contributed by atoms with Gasteiger partial charge in [-0.1, -0.05) is 13.8 Å². The van der Waals surface area contributed by atoms with Crippen molar-refractivity contribution in [3.63, 3.8) is 0 Å². The molecular weight excluding hydrogens is 150 g/mol. The Morgan fingerprint density at radius 1 is 1.42 bits per heavy atom. The van der Waals surface area contributed by atoms with Crippen LogP contribution in [0.5, 0.6) is 0 Å². The fourth-order valence-corrected chi connectivity index (χ4v) is 2.68. The third-order valence-electron chi connectivity index (χ3n) is 3.73. The molecule has 0 spiro atoms. The second-order valence-electron chi connectivity index (χ2n) is 3.74. The number of nitrogens with one attached hydrogen (secondary N) is 1. The fourth-order valence-electron chi connectivity index (χ4n) is 2.68. The van der Waals surface area contributed by atoms with Gasteiger partial charge in [-0.3, -0.25) is 0 Å². The zero-order valence-electron chi connectivity index (χ0n) is 8.68. The van der Waals surface area contributed by atoms with Crippen LogP contribution in [0, 0.1) is 5.41 Å². The van der Waals surface area contributed by atoms with E-state index in [2.05, 4.69) is 26.2 Å². The van der Waals surface area contributed by atoms with E-state index >= 15 is 0 Å². The van der Waals surface area contributed by atoms with Crippen LogP contribution >= 0.6 is 0 Å². The Morgan fingerprint density at radius 2 is 2.00 bits per heavy atom. The summed E-state index contributed by atoms with van der Waals surface area (Å²) in [6, 6.07) is 0.664. The molecule has 2 nitrogen and oxygen atoms in total. The van der Waals surface area contributed by atoms with Gasteiger partial charge in [-0.2, -0.15) is 0 Å². The molecule has 0 amide bonds. The highest BCUT2D eigenvalue weighted by molar-refractivity contribution is 5.05. The van der Waals surface area contributed by atoms with Crippen molar-refractivity contribution >= 4 is 0 Å². The third kappa shape index (κ3) is 1.17. The Kier molecular flexibility index (Phi) is 3.13. The summed E-state index contributed by atoms with van der Waals surface area (Å²) in [7, 11) is 3.88. The standard InChI is InChI=1S/C10H21NO/c1-5-10(6-2)8(11-3)7-9(10)12-4/h8-9,11H,5-7H2,1-4H3. The maximum Gasteiger partial charge on any atom is 0.0657 e. The Bertz CT molecular complexity index is 131. The van der Waals surface area contributed by atoms with Crippen LogP contribution in [0.2, 0.25) is 0 Å². The number of hydrogen-bond donors (Lipinski definition) is 1. The first-order chi connectivity index (χ1) is 5.75. The van der Waals surface area contributed by atoms with Gasteiger partial charge in [-0.15, -0.1) is 0 Å². The Morgan fingerprint density at radius 3 is 2.33 bits per heavy atom. The zero-order valence-corrected chi connectivity index (χ0v) is 8.68. The fraction of sp³-hybridized carbons (Fsp3) is 1.00. The van der Waals surface area contributed by atoms with Gasteiger partial charge >= 0.3 is 0 Å². The molecule has 0 bridgehead atoms. The van der Waals surface area contributed by atoms with Crippen LogP contribution in [0.25, 0.3) is 0 Å². The Hall–Kier alpha value is -0.0800.